The van der Waals surface area contributed by atoms with Crippen molar-refractivity contribution in [2.45, 2.75) is 18.2 Å². The topological polar surface area (TPSA) is 104 Å². The molecule has 0 saturated carbocycles. The van der Waals surface area contributed by atoms with Crippen LogP contribution in [0.1, 0.15) is 11.4 Å². The number of hydrazone groups is 1. The minimum absolute atomic E-state index is 0.0963. The highest BCUT2D eigenvalue weighted by molar-refractivity contribution is 9.11. The number of anilines is 1. The maximum Gasteiger partial charge on any atom is 0.250 e. The summed E-state index contributed by atoms with van der Waals surface area (Å²) in [4.78, 5) is 12.2. The van der Waals surface area contributed by atoms with Crippen LogP contribution in [0.3, 0.4) is 0 Å². The van der Waals surface area contributed by atoms with Gasteiger partial charge in [0.2, 0.25) is 0 Å². The van der Waals surface area contributed by atoms with Crippen LogP contribution < -0.4 is 10.7 Å². The molecule has 3 rings (SSSR count). The molecule has 33 heavy (non-hydrogen) atoms. The number of phenolic OH excluding ortho intramolecular Hbond substituents is 1. The number of halogens is 3. The van der Waals surface area contributed by atoms with Crippen molar-refractivity contribution in [3.05, 3.63) is 74.4 Å². The number of carbonyl (C=O) groups excluding carboxylic acids is 1. The van der Waals surface area contributed by atoms with E-state index in [9.17, 15) is 9.90 Å². The van der Waals surface area contributed by atoms with Crippen LogP contribution in [0.4, 0.5) is 5.69 Å². The normalized spacial score (nSPS) is 11.0. The zero-order valence-corrected chi connectivity index (χ0v) is 21.9. The van der Waals surface area contributed by atoms with Crippen molar-refractivity contribution < 1.29 is 9.90 Å². The molecular weight excluding hydrogens is 596 g/mol. The van der Waals surface area contributed by atoms with E-state index in [1.54, 1.807) is 30.3 Å². The third-order valence-corrected chi connectivity index (χ3v) is 6.60. The van der Waals surface area contributed by atoms with Crippen molar-refractivity contribution in [3.63, 3.8) is 0 Å². The standard InChI is InChI=1S/C21H19Br2ClN6O2S/c1-2-7-30-18(11-25-15-5-3-14(24)4-6-15)27-29-21(30)33-12-19(31)28-26-10-13-8-16(22)20(32)17(23)9-13/h2-6,8-10,25,32H,1,7,11-12H2,(H,28,31)/b26-10+. The molecule has 0 aliphatic rings. The van der Waals surface area contributed by atoms with E-state index in [0.717, 1.165) is 5.69 Å². The summed E-state index contributed by atoms with van der Waals surface area (Å²) in [6.07, 6.45) is 3.23. The Bertz CT molecular complexity index is 1150. The number of allylic oxidation sites excluding steroid dienone is 1. The van der Waals surface area contributed by atoms with E-state index in [2.05, 4.69) is 64.5 Å². The summed E-state index contributed by atoms with van der Waals surface area (Å²) in [5, 5.41) is 26.7. The Morgan fingerprint density at radius 3 is 2.61 bits per heavy atom. The van der Waals surface area contributed by atoms with Crippen LogP contribution >= 0.6 is 55.2 Å². The van der Waals surface area contributed by atoms with Crippen LogP contribution in [0.15, 0.2) is 68.3 Å². The molecular formula is C21H19Br2ClN6O2S. The first-order valence-electron chi connectivity index (χ1n) is 9.52. The summed E-state index contributed by atoms with van der Waals surface area (Å²) >= 11 is 13.7. The summed E-state index contributed by atoms with van der Waals surface area (Å²) < 4.78 is 2.93. The number of aromatic nitrogens is 3. The second kappa shape index (κ2) is 12.2. The quantitative estimate of drug-likeness (QED) is 0.126. The fourth-order valence-electron chi connectivity index (χ4n) is 2.62. The van der Waals surface area contributed by atoms with Crippen molar-refractivity contribution in [2.24, 2.45) is 5.10 Å². The predicted octanol–water partition coefficient (Wildman–Crippen LogP) is 5.20. The zero-order chi connectivity index (χ0) is 23.8. The van der Waals surface area contributed by atoms with Crippen LogP contribution in [0, 0.1) is 0 Å². The van der Waals surface area contributed by atoms with E-state index in [-0.39, 0.29) is 17.4 Å². The highest BCUT2D eigenvalue weighted by atomic mass is 79.9. The monoisotopic (exact) mass is 612 g/mol. The second-order valence-electron chi connectivity index (χ2n) is 6.57. The molecule has 1 amide bonds. The van der Waals surface area contributed by atoms with Gasteiger partial charge in [0.05, 0.1) is 27.5 Å². The molecule has 1 heterocycles. The maximum atomic E-state index is 12.2. The molecule has 1 aromatic heterocycles. The number of nitrogens with one attached hydrogen (secondary N) is 2. The molecule has 0 aliphatic heterocycles. The number of phenols is 1. The van der Waals surface area contributed by atoms with Gasteiger partial charge in [-0.3, -0.25) is 4.79 Å². The number of hydrogen-bond donors (Lipinski definition) is 3. The average Bonchev–Trinajstić information content (AvgIpc) is 3.17. The molecule has 0 saturated heterocycles. The van der Waals surface area contributed by atoms with Gasteiger partial charge < -0.3 is 15.0 Å². The van der Waals surface area contributed by atoms with Gasteiger partial charge in [-0.25, -0.2) is 5.43 Å². The van der Waals surface area contributed by atoms with Crippen molar-refractivity contribution in [1.29, 1.82) is 0 Å². The lowest BCUT2D eigenvalue weighted by atomic mass is 10.2. The number of carbonyl (C=O) groups is 1. The van der Waals surface area contributed by atoms with Crippen molar-refractivity contribution in [3.8, 4) is 5.75 Å². The van der Waals surface area contributed by atoms with E-state index in [4.69, 9.17) is 11.6 Å². The van der Waals surface area contributed by atoms with E-state index in [1.807, 2.05) is 16.7 Å². The van der Waals surface area contributed by atoms with E-state index in [1.165, 1.54) is 18.0 Å². The summed E-state index contributed by atoms with van der Waals surface area (Å²) in [5.74, 6) is 0.635. The molecule has 0 atom stereocenters. The van der Waals surface area contributed by atoms with E-state index < -0.39 is 0 Å². The molecule has 0 radical (unpaired) electrons. The van der Waals surface area contributed by atoms with Crippen LogP contribution in [-0.2, 0) is 17.9 Å². The maximum absolute atomic E-state index is 12.2. The van der Waals surface area contributed by atoms with Gasteiger partial charge in [0.1, 0.15) is 5.75 Å². The molecule has 2 aromatic carbocycles. The molecule has 3 N–H and O–H groups in total. The second-order valence-corrected chi connectivity index (χ2v) is 9.66. The fourth-order valence-corrected chi connectivity index (χ4v) is 4.73. The number of rotatable bonds is 10. The highest BCUT2D eigenvalue weighted by Crippen LogP contribution is 2.32. The SMILES string of the molecule is C=CCn1c(CNc2ccc(Cl)cc2)nnc1SCC(=O)N/N=C/c1cc(Br)c(O)c(Br)c1. The first-order chi connectivity index (χ1) is 15.9. The molecule has 0 unspecified atom stereocenters. The van der Waals surface area contributed by atoms with Crippen molar-refractivity contribution >= 4 is 73.0 Å². The molecule has 0 bridgehead atoms. The molecule has 0 spiro atoms. The summed E-state index contributed by atoms with van der Waals surface area (Å²) in [7, 11) is 0. The molecule has 172 valence electrons. The van der Waals surface area contributed by atoms with Crippen molar-refractivity contribution in [2.75, 3.05) is 11.1 Å². The Morgan fingerprint density at radius 2 is 1.94 bits per heavy atom. The molecule has 3 aromatic rings. The Balaban J connectivity index is 1.56. The first kappa shape index (κ1) is 25.3. The lowest BCUT2D eigenvalue weighted by Gasteiger charge is -2.09. The Kier molecular flexibility index (Phi) is 9.36. The average molecular weight is 615 g/mol. The van der Waals surface area contributed by atoms with Crippen molar-refractivity contribution in [1.82, 2.24) is 20.2 Å². The molecule has 12 heteroatoms. The lowest BCUT2D eigenvalue weighted by Crippen LogP contribution is -2.20. The van der Waals surface area contributed by atoms with E-state index in [0.29, 0.717) is 43.6 Å². The first-order valence-corrected chi connectivity index (χ1v) is 12.5. The Labute approximate surface area is 216 Å². The highest BCUT2D eigenvalue weighted by Gasteiger charge is 2.13. The summed E-state index contributed by atoms with van der Waals surface area (Å²) in [5.41, 5.74) is 4.09. The number of thioether (sulfide) groups is 1. The smallest absolute Gasteiger partial charge is 0.250 e. The van der Waals surface area contributed by atoms with Crippen LogP contribution in [0.25, 0.3) is 0 Å². The minimum atomic E-state index is -0.290. The van der Waals surface area contributed by atoms with Crippen LogP contribution in [0.5, 0.6) is 5.75 Å². The Morgan fingerprint density at radius 1 is 1.24 bits per heavy atom. The largest absolute Gasteiger partial charge is 0.506 e. The number of nitrogens with zero attached hydrogens (tertiary/aromatic N) is 4. The van der Waals surface area contributed by atoms with Gasteiger partial charge in [0, 0.05) is 17.3 Å². The third-order valence-electron chi connectivity index (χ3n) is 4.17. The van der Waals surface area contributed by atoms with Gasteiger partial charge in [-0.05, 0) is 73.8 Å². The number of aromatic hydroxyl groups is 1. The van der Waals surface area contributed by atoms with Crippen LogP contribution in [0.2, 0.25) is 5.02 Å². The molecule has 8 nitrogen and oxygen atoms in total. The van der Waals surface area contributed by atoms with Gasteiger partial charge in [-0.1, -0.05) is 29.4 Å². The lowest BCUT2D eigenvalue weighted by molar-refractivity contribution is -0.118. The predicted molar refractivity (Wildman–Crippen MR) is 139 cm³/mol. The number of hydrogen-bond acceptors (Lipinski definition) is 7. The molecule has 0 aliphatic carbocycles. The minimum Gasteiger partial charge on any atom is -0.506 e. The Hall–Kier alpha value is -2.34. The van der Waals surface area contributed by atoms with Gasteiger partial charge in [-0.2, -0.15) is 5.10 Å². The van der Waals surface area contributed by atoms with Gasteiger partial charge in [-0.15, -0.1) is 16.8 Å². The summed E-state index contributed by atoms with van der Waals surface area (Å²) in [6, 6.07) is 10.7. The molecule has 0 fully saturated rings. The van der Waals surface area contributed by atoms with E-state index >= 15 is 0 Å². The summed E-state index contributed by atoms with van der Waals surface area (Å²) in [6.45, 7) is 4.75. The number of amides is 1. The van der Waals surface area contributed by atoms with Gasteiger partial charge in [0.15, 0.2) is 11.0 Å². The van der Waals surface area contributed by atoms with Gasteiger partial charge in [0.25, 0.3) is 5.91 Å². The van der Waals surface area contributed by atoms with Gasteiger partial charge >= 0.3 is 0 Å². The third kappa shape index (κ3) is 7.32. The zero-order valence-electron chi connectivity index (χ0n) is 17.1. The van der Waals surface area contributed by atoms with Crippen LogP contribution in [-0.4, -0.2) is 37.7 Å². The fraction of sp³-hybridized carbons (Fsp3) is 0.143. The number of benzene rings is 2.